The molecule has 0 aromatic heterocycles. The van der Waals surface area contributed by atoms with Crippen LogP contribution in [0.1, 0.15) is 28.4 Å². The summed E-state index contributed by atoms with van der Waals surface area (Å²) < 4.78 is 13.3. The van der Waals surface area contributed by atoms with Gasteiger partial charge in [0.1, 0.15) is 5.82 Å². The summed E-state index contributed by atoms with van der Waals surface area (Å²) >= 11 is 6.01. The number of ketones is 1. The molecule has 0 heterocycles. The van der Waals surface area contributed by atoms with Crippen LogP contribution in [0.15, 0.2) is 35.3 Å². The first-order chi connectivity index (χ1) is 12.3. The average Bonchev–Trinajstić information content (AvgIpc) is 2.62. The van der Waals surface area contributed by atoms with Crippen LogP contribution in [0.25, 0.3) is 0 Å². The Hall–Kier alpha value is -2.40. The van der Waals surface area contributed by atoms with Gasteiger partial charge in [0.05, 0.1) is 29.3 Å². The third kappa shape index (κ3) is 5.05. The topological polar surface area (TPSA) is 44.7 Å². The lowest BCUT2D eigenvalue weighted by molar-refractivity contribution is 0.101. The normalized spacial score (nSPS) is 11.0. The largest absolute Gasteiger partial charge is 0.376 e. The van der Waals surface area contributed by atoms with E-state index in [1.807, 2.05) is 44.9 Å². The average molecular weight is 376 g/mol. The molecule has 2 rings (SSSR count). The third-order valence-electron chi connectivity index (χ3n) is 4.10. The summed E-state index contributed by atoms with van der Waals surface area (Å²) in [5.41, 5.74) is 3.62. The molecule has 0 spiro atoms. The summed E-state index contributed by atoms with van der Waals surface area (Å²) in [6, 6.07) is 7.75. The first-order valence-electron chi connectivity index (χ1n) is 8.39. The van der Waals surface area contributed by atoms with E-state index in [4.69, 9.17) is 11.6 Å². The fourth-order valence-electron chi connectivity index (χ4n) is 2.39. The number of rotatable bonds is 7. The molecule has 2 aromatic carbocycles. The van der Waals surface area contributed by atoms with Gasteiger partial charge in [0.25, 0.3) is 0 Å². The smallest absolute Gasteiger partial charge is 0.182 e. The number of hydrogen-bond acceptors (Lipinski definition) is 3. The highest BCUT2D eigenvalue weighted by Gasteiger charge is 2.12. The molecule has 6 heteroatoms. The Kier molecular flexibility index (Phi) is 6.75. The van der Waals surface area contributed by atoms with Crippen molar-refractivity contribution < 1.29 is 9.18 Å². The van der Waals surface area contributed by atoms with Crippen molar-refractivity contribution in [3.05, 3.63) is 57.9 Å². The van der Waals surface area contributed by atoms with E-state index in [9.17, 15) is 9.18 Å². The molecular formula is C20H23ClFN3O. The molecule has 0 atom stereocenters. The number of aryl methyl sites for hydroxylation is 2. The molecule has 0 amide bonds. The van der Waals surface area contributed by atoms with Crippen LogP contribution in [0.3, 0.4) is 0 Å². The number of nitrogens with zero attached hydrogens (tertiary/aromatic N) is 2. The zero-order valence-corrected chi connectivity index (χ0v) is 16.2. The Morgan fingerprint density at radius 1 is 1.27 bits per heavy atom. The zero-order valence-electron chi connectivity index (χ0n) is 15.4. The number of aliphatic imine (C=N–C) groups is 1. The van der Waals surface area contributed by atoms with Crippen molar-refractivity contribution >= 4 is 35.1 Å². The van der Waals surface area contributed by atoms with Crippen LogP contribution < -0.4 is 5.32 Å². The molecule has 0 fully saturated rings. The SMILES string of the molecule is CCN(C)/C=N\c1cc(C)c(C(=O)CNc2cc(F)ccc2Cl)cc1C. The van der Waals surface area contributed by atoms with Crippen molar-refractivity contribution in [3.63, 3.8) is 0 Å². The Bertz CT molecular complexity index is 836. The molecular weight excluding hydrogens is 353 g/mol. The molecule has 0 saturated heterocycles. The van der Waals surface area contributed by atoms with E-state index in [-0.39, 0.29) is 12.3 Å². The van der Waals surface area contributed by atoms with Gasteiger partial charge in [-0.15, -0.1) is 0 Å². The van der Waals surface area contributed by atoms with Crippen molar-refractivity contribution in [1.29, 1.82) is 0 Å². The highest BCUT2D eigenvalue weighted by molar-refractivity contribution is 6.33. The standard InChI is InChI=1S/C20H23ClFN3O/c1-5-25(4)12-24-18-9-13(2)16(8-14(18)3)20(26)11-23-19-10-15(22)6-7-17(19)21/h6-10,12,23H,5,11H2,1-4H3/b24-12-. The van der Waals surface area contributed by atoms with E-state index in [0.717, 1.165) is 23.4 Å². The van der Waals surface area contributed by atoms with Crippen molar-refractivity contribution in [1.82, 2.24) is 4.90 Å². The molecule has 0 aliphatic rings. The van der Waals surface area contributed by atoms with Gasteiger partial charge in [0, 0.05) is 19.2 Å². The molecule has 0 bridgehead atoms. The first-order valence-corrected chi connectivity index (χ1v) is 8.77. The Balaban J connectivity index is 2.15. The fourth-order valence-corrected chi connectivity index (χ4v) is 2.57. The molecule has 1 N–H and O–H groups in total. The number of carbonyl (C=O) groups is 1. The van der Waals surface area contributed by atoms with Crippen LogP contribution in [-0.4, -0.2) is 37.2 Å². The molecule has 0 aliphatic heterocycles. The maximum atomic E-state index is 13.3. The van der Waals surface area contributed by atoms with E-state index in [2.05, 4.69) is 10.3 Å². The summed E-state index contributed by atoms with van der Waals surface area (Å²) in [5.74, 6) is -0.497. The fraction of sp³-hybridized carbons (Fsp3) is 0.300. The third-order valence-corrected chi connectivity index (χ3v) is 4.43. The van der Waals surface area contributed by atoms with Crippen LogP contribution in [0.2, 0.25) is 5.02 Å². The number of anilines is 1. The number of nitrogens with one attached hydrogen (secondary N) is 1. The van der Waals surface area contributed by atoms with Gasteiger partial charge in [-0.25, -0.2) is 9.38 Å². The number of carbonyl (C=O) groups excluding carboxylic acids is 1. The molecule has 0 radical (unpaired) electrons. The zero-order chi connectivity index (χ0) is 19.3. The van der Waals surface area contributed by atoms with E-state index < -0.39 is 5.82 Å². The van der Waals surface area contributed by atoms with Gasteiger partial charge in [-0.1, -0.05) is 11.6 Å². The predicted molar refractivity (Wildman–Crippen MR) is 107 cm³/mol. The van der Waals surface area contributed by atoms with E-state index in [1.54, 1.807) is 6.34 Å². The van der Waals surface area contributed by atoms with Gasteiger partial charge in [0.2, 0.25) is 0 Å². The predicted octanol–water partition coefficient (Wildman–Crippen LogP) is 5.00. The highest BCUT2D eigenvalue weighted by Crippen LogP contribution is 2.25. The molecule has 0 aliphatic carbocycles. The van der Waals surface area contributed by atoms with Gasteiger partial charge >= 0.3 is 0 Å². The molecule has 138 valence electrons. The minimum absolute atomic E-state index is 0.0324. The van der Waals surface area contributed by atoms with Gasteiger partial charge < -0.3 is 10.2 Å². The maximum Gasteiger partial charge on any atom is 0.182 e. The quantitative estimate of drug-likeness (QED) is 0.420. The minimum atomic E-state index is -0.407. The summed E-state index contributed by atoms with van der Waals surface area (Å²) in [7, 11) is 1.95. The van der Waals surface area contributed by atoms with Crippen molar-refractivity contribution in [3.8, 4) is 0 Å². The summed E-state index contributed by atoms with van der Waals surface area (Å²) in [5, 5.41) is 3.28. The van der Waals surface area contributed by atoms with Crippen molar-refractivity contribution in [2.45, 2.75) is 20.8 Å². The van der Waals surface area contributed by atoms with Crippen molar-refractivity contribution in [2.75, 3.05) is 25.5 Å². The monoisotopic (exact) mass is 375 g/mol. The lowest BCUT2D eigenvalue weighted by Crippen LogP contribution is -2.16. The lowest BCUT2D eigenvalue weighted by Gasteiger charge is -2.12. The van der Waals surface area contributed by atoms with E-state index in [1.165, 1.54) is 18.2 Å². The van der Waals surface area contributed by atoms with Gasteiger partial charge in [0.15, 0.2) is 5.78 Å². The molecule has 4 nitrogen and oxygen atoms in total. The van der Waals surface area contributed by atoms with E-state index in [0.29, 0.717) is 16.3 Å². The van der Waals surface area contributed by atoms with Gasteiger partial charge in [-0.3, -0.25) is 4.79 Å². The van der Waals surface area contributed by atoms with Crippen LogP contribution in [0.4, 0.5) is 15.8 Å². The number of Topliss-reactive ketones (excluding diaryl/α,β-unsaturated/α-hetero) is 1. The second-order valence-corrected chi connectivity index (χ2v) is 6.58. The second kappa shape index (κ2) is 8.81. The van der Waals surface area contributed by atoms with Crippen LogP contribution >= 0.6 is 11.6 Å². The lowest BCUT2D eigenvalue weighted by atomic mass is 10.0. The van der Waals surface area contributed by atoms with Gasteiger partial charge in [-0.2, -0.15) is 0 Å². The number of benzene rings is 2. The molecule has 2 aromatic rings. The molecule has 26 heavy (non-hydrogen) atoms. The number of hydrogen-bond donors (Lipinski definition) is 1. The van der Waals surface area contributed by atoms with Crippen molar-refractivity contribution in [2.24, 2.45) is 4.99 Å². The van der Waals surface area contributed by atoms with E-state index >= 15 is 0 Å². The summed E-state index contributed by atoms with van der Waals surface area (Å²) in [6.45, 7) is 6.75. The second-order valence-electron chi connectivity index (χ2n) is 6.17. The minimum Gasteiger partial charge on any atom is -0.376 e. The first kappa shape index (κ1) is 19.9. The molecule has 0 saturated carbocycles. The Morgan fingerprint density at radius 3 is 2.69 bits per heavy atom. The molecule has 0 unspecified atom stereocenters. The summed E-state index contributed by atoms with van der Waals surface area (Å²) in [4.78, 5) is 19.0. The number of halogens is 2. The van der Waals surface area contributed by atoms with Crippen LogP contribution in [-0.2, 0) is 0 Å². The highest BCUT2D eigenvalue weighted by atomic mass is 35.5. The Morgan fingerprint density at radius 2 is 2.00 bits per heavy atom. The van der Waals surface area contributed by atoms with Crippen LogP contribution in [0, 0.1) is 19.7 Å². The van der Waals surface area contributed by atoms with Crippen LogP contribution in [0.5, 0.6) is 0 Å². The Labute approximate surface area is 158 Å². The van der Waals surface area contributed by atoms with Gasteiger partial charge in [-0.05, 0) is 62.2 Å². The maximum absolute atomic E-state index is 13.3. The summed E-state index contributed by atoms with van der Waals surface area (Å²) in [6.07, 6.45) is 1.77.